The fraction of sp³-hybridized carbons (Fsp3) is 0.200. The largest absolute Gasteiger partial charge is 0.493 e. The number of nitrogens with one attached hydrogen (secondary N) is 1. The number of halogens is 1. The van der Waals surface area contributed by atoms with Crippen molar-refractivity contribution in [1.82, 2.24) is 14.9 Å². The number of likely N-dealkylation sites (N-methyl/N-ethyl adjacent to an activating group) is 1. The Hall–Kier alpha value is -4.07. The highest BCUT2D eigenvalue weighted by Gasteiger charge is 2.15. The maximum Gasteiger partial charge on any atom is 0.231 e. The number of hydrogen-bond donors (Lipinski definition) is 1. The molecule has 1 aliphatic rings. The van der Waals surface area contributed by atoms with Crippen molar-refractivity contribution in [2.75, 3.05) is 50.6 Å². The molecule has 0 spiro atoms. The third-order valence-electron chi connectivity index (χ3n) is 6.40. The molecule has 0 amide bonds. The van der Waals surface area contributed by atoms with Gasteiger partial charge in [0.1, 0.15) is 0 Å². The van der Waals surface area contributed by atoms with Gasteiger partial charge in [0.25, 0.3) is 0 Å². The van der Waals surface area contributed by atoms with E-state index >= 15 is 0 Å². The summed E-state index contributed by atoms with van der Waals surface area (Å²) in [5.74, 6) is 1.99. The van der Waals surface area contributed by atoms with E-state index in [-0.39, 0.29) is 0 Å². The fourth-order valence-electron chi connectivity index (χ4n) is 4.18. The summed E-state index contributed by atoms with van der Waals surface area (Å²) in [6.45, 7) is 4.19. The highest BCUT2D eigenvalue weighted by Crippen LogP contribution is 2.33. The molecular formula is C30H30ClN5O2. The van der Waals surface area contributed by atoms with E-state index in [1.165, 1.54) is 5.69 Å². The van der Waals surface area contributed by atoms with Gasteiger partial charge in [-0.3, -0.25) is 0 Å². The van der Waals surface area contributed by atoms with Gasteiger partial charge in [0.05, 0.1) is 12.7 Å². The second-order valence-electron chi connectivity index (χ2n) is 9.02. The lowest BCUT2D eigenvalue weighted by Crippen LogP contribution is -2.44. The Morgan fingerprint density at radius 1 is 0.842 bits per heavy atom. The molecule has 0 unspecified atom stereocenters. The predicted molar refractivity (Wildman–Crippen MR) is 155 cm³/mol. The number of rotatable bonds is 8. The Morgan fingerprint density at radius 2 is 1.53 bits per heavy atom. The molecule has 1 fully saturated rings. The molecule has 0 bridgehead atoms. The van der Waals surface area contributed by atoms with Crippen molar-refractivity contribution in [3.05, 3.63) is 95.1 Å². The van der Waals surface area contributed by atoms with Gasteiger partial charge in [-0.25, -0.2) is 4.98 Å². The quantitative estimate of drug-likeness (QED) is 0.277. The van der Waals surface area contributed by atoms with Crippen LogP contribution in [0.4, 0.5) is 17.3 Å². The molecule has 5 rings (SSSR count). The Kier molecular flexibility index (Phi) is 8.06. The van der Waals surface area contributed by atoms with Gasteiger partial charge in [0.15, 0.2) is 11.5 Å². The van der Waals surface area contributed by atoms with Crippen LogP contribution in [0.5, 0.6) is 17.4 Å². The van der Waals surface area contributed by atoms with E-state index in [2.05, 4.69) is 39.3 Å². The summed E-state index contributed by atoms with van der Waals surface area (Å²) >= 11 is 6.34. The Balaban J connectivity index is 1.39. The van der Waals surface area contributed by atoms with E-state index in [1.807, 2.05) is 72.8 Å². The first kappa shape index (κ1) is 25.6. The third kappa shape index (κ3) is 6.25. The second-order valence-corrected chi connectivity index (χ2v) is 9.43. The average molecular weight is 528 g/mol. The van der Waals surface area contributed by atoms with Gasteiger partial charge in [-0.15, -0.1) is 0 Å². The number of piperazine rings is 1. The molecule has 0 aliphatic carbocycles. The van der Waals surface area contributed by atoms with Crippen LogP contribution in [0.3, 0.4) is 0 Å². The molecule has 1 aliphatic heterocycles. The first-order chi connectivity index (χ1) is 18.6. The number of aromatic nitrogens is 2. The topological polar surface area (TPSA) is 62.8 Å². The molecular weight excluding hydrogens is 498 g/mol. The molecule has 1 saturated heterocycles. The molecule has 194 valence electrons. The summed E-state index contributed by atoms with van der Waals surface area (Å²) in [5, 5.41) is 3.96. The van der Waals surface area contributed by atoms with Crippen molar-refractivity contribution in [3.63, 3.8) is 0 Å². The van der Waals surface area contributed by atoms with Crippen LogP contribution in [-0.2, 0) is 0 Å². The lowest BCUT2D eigenvalue weighted by Gasteiger charge is -2.34. The summed E-state index contributed by atoms with van der Waals surface area (Å²) in [4.78, 5) is 14.0. The Bertz CT molecular complexity index is 1400. The molecule has 0 radical (unpaired) electrons. The first-order valence-corrected chi connectivity index (χ1v) is 12.9. The van der Waals surface area contributed by atoms with Gasteiger partial charge < -0.3 is 24.6 Å². The van der Waals surface area contributed by atoms with E-state index in [4.69, 9.17) is 26.1 Å². The normalized spacial score (nSPS) is 14.0. The van der Waals surface area contributed by atoms with E-state index in [0.717, 1.165) is 37.4 Å². The number of hydrogen-bond acceptors (Lipinski definition) is 7. The highest BCUT2D eigenvalue weighted by molar-refractivity contribution is 6.32. The number of ether oxygens (including phenoxy) is 2. The Morgan fingerprint density at radius 3 is 2.26 bits per heavy atom. The lowest BCUT2D eigenvalue weighted by atomic mass is 10.2. The SMILES string of the molecule is COc1ccccc1Oc1nc(Nc2ccc(N3CCN(C)CC3)cc2)ncc1C=Cc1ccccc1Cl. The number of benzene rings is 3. The summed E-state index contributed by atoms with van der Waals surface area (Å²) < 4.78 is 11.7. The molecule has 1 N–H and O–H groups in total. The van der Waals surface area contributed by atoms with Gasteiger partial charge in [0, 0.05) is 48.8 Å². The minimum absolute atomic E-state index is 0.393. The summed E-state index contributed by atoms with van der Waals surface area (Å²) in [6.07, 6.45) is 5.53. The van der Waals surface area contributed by atoms with Crippen molar-refractivity contribution in [1.29, 1.82) is 0 Å². The van der Waals surface area contributed by atoms with Crippen LogP contribution in [0, 0.1) is 0 Å². The zero-order valence-electron chi connectivity index (χ0n) is 21.5. The Labute approximate surface area is 228 Å². The molecule has 8 heteroatoms. The minimum atomic E-state index is 0.393. The maximum absolute atomic E-state index is 6.34. The van der Waals surface area contributed by atoms with Crippen LogP contribution < -0.4 is 19.7 Å². The van der Waals surface area contributed by atoms with Crippen LogP contribution in [-0.4, -0.2) is 55.2 Å². The van der Waals surface area contributed by atoms with E-state index in [1.54, 1.807) is 13.3 Å². The molecule has 38 heavy (non-hydrogen) atoms. The lowest BCUT2D eigenvalue weighted by molar-refractivity contribution is 0.313. The van der Waals surface area contributed by atoms with Crippen molar-refractivity contribution in [2.45, 2.75) is 0 Å². The van der Waals surface area contributed by atoms with Crippen molar-refractivity contribution < 1.29 is 9.47 Å². The van der Waals surface area contributed by atoms with E-state index < -0.39 is 0 Å². The highest BCUT2D eigenvalue weighted by atomic mass is 35.5. The van der Waals surface area contributed by atoms with E-state index in [0.29, 0.717) is 33.9 Å². The standard InChI is InChI=1S/C30H30ClN5O2/c1-35-17-19-36(20-18-35)25-15-13-24(14-16-25)33-30-32-21-23(12-11-22-7-3-4-8-26(22)31)29(34-30)38-28-10-6-5-9-27(28)37-2/h3-16,21H,17-20H2,1-2H3,(H,32,33,34). The molecule has 0 atom stereocenters. The summed E-state index contributed by atoms with van der Waals surface area (Å²) in [7, 11) is 3.77. The van der Waals surface area contributed by atoms with Crippen LogP contribution in [0.15, 0.2) is 79.0 Å². The van der Waals surface area contributed by atoms with Crippen LogP contribution in [0.2, 0.25) is 5.02 Å². The molecule has 3 aromatic carbocycles. The summed E-state index contributed by atoms with van der Waals surface area (Å²) in [6, 6.07) is 23.4. The first-order valence-electron chi connectivity index (χ1n) is 12.5. The molecule has 1 aromatic heterocycles. The van der Waals surface area contributed by atoms with Gasteiger partial charge >= 0.3 is 0 Å². The van der Waals surface area contributed by atoms with Gasteiger partial charge in [-0.2, -0.15) is 4.98 Å². The maximum atomic E-state index is 6.34. The molecule has 4 aromatic rings. The number of nitrogens with zero attached hydrogens (tertiary/aromatic N) is 4. The third-order valence-corrected chi connectivity index (χ3v) is 6.74. The zero-order valence-corrected chi connectivity index (χ0v) is 22.2. The number of para-hydroxylation sites is 2. The van der Waals surface area contributed by atoms with Crippen molar-refractivity contribution >= 4 is 41.1 Å². The molecule has 0 saturated carbocycles. The van der Waals surface area contributed by atoms with Gasteiger partial charge in [0.2, 0.25) is 11.8 Å². The fourth-order valence-corrected chi connectivity index (χ4v) is 4.38. The molecule has 2 heterocycles. The summed E-state index contributed by atoms with van der Waals surface area (Å²) in [5.41, 5.74) is 3.70. The van der Waals surface area contributed by atoms with Crippen LogP contribution in [0.1, 0.15) is 11.1 Å². The van der Waals surface area contributed by atoms with Crippen molar-refractivity contribution in [2.24, 2.45) is 0 Å². The van der Waals surface area contributed by atoms with Gasteiger partial charge in [-0.05, 0) is 61.2 Å². The number of methoxy groups -OCH3 is 1. The monoisotopic (exact) mass is 527 g/mol. The van der Waals surface area contributed by atoms with Crippen molar-refractivity contribution in [3.8, 4) is 17.4 Å². The van der Waals surface area contributed by atoms with Crippen LogP contribution in [0.25, 0.3) is 12.2 Å². The van der Waals surface area contributed by atoms with Gasteiger partial charge in [-0.1, -0.05) is 48.0 Å². The zero-order chi connectivity index (χ0) is 26.3. The second kappa shape index (κ2) is 12.0. The molecule has 7 nitrogen and oxygen atoms in total. The van der Waals surface area contributed by atoms with Crippen LogP contribution >= 0.6 is 11.6 Å². The van der Waals surface area contributed by atoms with E-state index in [9.17, 15) is 0 Å². The smallest absolute Gasteiger partial charge is 0.231 e. The number of anilines is 3. The predicted octanol–water partition coefficient (Wildman–Crippen LogP) is 6.60. The average Bonchev–Trinajstić information content (AvgIpc) is 2.95. The minimum Gasteiger partial charge on any atom is -0.493 e.